The van der Waals surface area contributed by atoms with Crippen molar-refractivity contribution in [1.82, 2.24) is 20.2 Å². The van der Waals surface area contributed by atoms with Gasteiger partial charge < -0.3 is 29.2 Å². The van der Waals surface area contributed by atoms with E-state index < -0.39 is 59.5 Å². The van der Waals surface area contributed by atoms with Gasteiger partial charge in [-0.05, 0) is 50.2 Å². The van der Waals surface area contributed by atoms with E-state index in [1.54, 1.807) is 25.1 Å². The Kier molecular flexibility index (Phi) is 8.74. The molecule has 2 aliphatic heterocycles. The minimum atomic E-state index is -2.12. The number of nitrogens with one attached hydrogen (secondary N) is 1. The average molecular weight is 617 g/mol. The first-order chi connectivity index (χ1) is 20.8. The number of rotatable bonds is 3. The monoisotopic (exact) mass is 616 g/mol. The normalized spacial score (nSPS) is 33.2. The molecule has 1 aliphatic carbocycles. The molecule has 10 nitrogen and oxygen atoms in total. The van der Waals surface area contributed by atoms with Gasteiger partial charge in [-0.15, -0.1) is 0 Å². The molecule has 8 atom stereocenters. The summed E-state index contributed by atoms with van der Waals surface area (Å²) in [4.78, 5) is 50.0. The van der Waals surface area contributed by atoms with Crippen LogP contribution in [-0.4, -0.2) is 76.8 Å². The van der Waals surface area contributed by atoms with Gasteiger partial charge in [0.25, 0.3) is 0 Å². The predicted octanol–water partition coefficient (Wildman–Crippen LogP) is 5.27. The van der Waals surface area contributed by atoms with Crippen LogP contribution in [0.15, 0.2) is 18.2 Å². The zero-order valence-corrected chi connectivity index (χ0v) is 26.1. The van der Waals surface area contributed by atoms with Crippen molar-refractivity contribution in [2.45, 2.75) is 103 Å². The van der Waals surface area contributed by atoms with E-state index in [1.165, 1.54) is 12.0 Å². The first-order valence-corrected chi connectivity index (χ1v) is 15.3. The van der Waals surface area contributed by atoms with Crippen LogP contribution in [0.2, 0.25) is 0 Å². The summed E-state index contributed by atoms with van der Waals surface area (Å²) < 4.78 is 48.7. The van der Waals surface area contributed by atoms with Crippen LogP contribution in [0.4, 0.5) is 13.6 Å². The zero-order valence-electron chi connectivity index (χ0n) is 26.1. The fraction of sp³-hybridized carbons (Fsp3) is 0.656. The SMILES string of the molecule is CC[C@@H]1[C@@H]2CN(C(=O)[C@H](C(C)(C)C)NC(=O)O[C@]3(C)C[C@H]3CCCC(F)C(F)c3nc4ccc(OC)cc4nc3O2)[C@@H]1C=O. The van der Waals surface area contributed by atoms with Gasteiger partial charge in [0.1, 0.15) is 41.6 Å². The molecule has 3 heterocycles. The molecule has 0 radical (unpaired) electrons. The molecule has 1 N–H and O–H groups in total. The van der Waals surface area contributed by atoms with Crippen LogP contribution in [-0.2, 0) is 14.3 Å². The maximum absolute atomic E-state index is 15.9. The van der Waals surface area contributed by atoms with Gasteiger partial charge in [0.05, 0.1) is 30.7 Å². The summed E-state index contributed by atoms with van der Waals surface area (Å²) in [5.41, 5.74) is -1.03. The molecule has 12 heteroatoms. The molecule has 1 saturated heterocycles. The number of ether oxygens (including phenoxy) is 3. The van der Waals surface area contributed by atoms with Crippen molar-refractivity contribution in [3.05, 3.63) is 23.9 Å². The highest BCUT2D eigenvalue weighted by molar-refractivity contribution is 5.89. The van der Waals surface area contributed by atoms with Crippen molar-refractivity contribution in [1.29, 1.82) is 0 Å². The van der Waals surface area contributed by atoms with E-state index in [2.05, 4.69) is 15.3 Å². The number of carbonyl (C=O) groups is 3. The third kappa shape index (κ3) is 6.17. The number of aldehydes is 1. The number of methoxy groups -OCH3 is 1. The maximum Gasteiger partial charge on any atom is 0.408 e. The molecule has 5 rings (SSSR count). The molecule has 2 unspecified atom stereocenters. The topological polar surface area (TPSA) is 120 Å². The lowest BCUT2D eigenvalue weighted by atomic mass is 9.85. The summed E-state index contributed by atoms with van der Waals surface area (Å²) in [6, 6.07) is 3.03. The van der Waals surface area contributed by atoms with Crippen molar-refractivity contribution in [2.75, 3.05) is 13.7 Å². The Hall–Kier alpha value is -3.57. The molecule has 3 aliphatic rings. The molecule has 2 bridgehead atoms. The number of benzene rings is 1. The minimum absolute atomic E-state index is 0.0142. The zero-order chi connectivity index (χ0) is 32.0. The molecule has 1 aromatic carbocycles. The summed E-state index contributed by atoms with van der Waals surface area (Å²) in [5, 5.41) is 2.76. The molecule has 240 valence electrons. The highest BCUT2D eigenvalue weighted by Gasteiger charge is 2.54. The summed E-state index contributed by atoms with van der Waals surface area (Å²) in [6.45, 7) is 9.09. The number of alkyl carbamates (subject to hydrolysis) is 1. The second-order valence-electron chi connectivity index (χ2n) is 13.5. The van der Waals surface area contributed by atoms with Crippen LogP contribution >= 0.6 is 0 Å². The Bertz CT molecular complexity index is 1420. The predicted molar refractivity (Wildman–Crippen MR) is 158 cm³/mol. The lowest BCUT2D eigenvalue weighted by Crippen LogP contribution is -2.56. The maximum atomic E-state index is 15.9. The van der Waals surface area contributed by atoms with E-state index >= 15 is 8.78 Å². The summed E-state index contributed by atoms with van der Waals surface area (Å²) in [6.07, 6.45) is -2.94. The van der Waals surface area contributed by atoms with E-state index in [0.717, 1.165) is 0 Å². The molecule has 1 aromatic heterocycles. The number of hydrogen-bond acceptors (Lipinski definition) is 8. The first-order valence-electron chi connectivity index (χ1n) is 15.3. The smallest absolute Gasteiger partial charge is 0.408 e. The van der Waals surface area contributed by atoms with Gasteiger partial charge in [-0.3, -0.25) is 4.79 Å². The van der Waals surface area contributed by atoms with Crippen molar-refractivity contribution >= 4 is 29.3 Å². The second kappa shape index (κ2) is 12.1. The fourth-order valence-electron chi connectivity index (χ4n) is 6.52. The molecular formula is C32H42F2N4O6. The van der Waals surface area contributed by atoms with Crippen LogP contribution in [0, 0.1) is 17.3 Å². The molecule has 1 saturated carbocycles. The Balaban J connectivity index is 1.57. The number of alkyl halides is 2. The number of nitrogens with zero attached hydrogens (tertiary/aromatic N) is 3. The van der Waals surface area contributed by atoms with E-state index in [9.17, 15) is 14.4 Å². The summed E-state index contributed by atoms with van der Waals surface area (Å²) in [5.74, 6) is -0.639. The Labute approximate surface area is 256 Å². The third-order valence-electron chi connectivity index (χ3n) is 9.34. The number of aromatic nitrogens is 2. The molecule has 2 aromatic rings. The van der Waals surface area contributed by atoms with Gasteiger partial charge in [-0.1, -0.05) is 34.1 Å². The molecule has 2 fully saturated rings. The fourth-order valence-corrected chi connectivity index (χ4v) is 6.52. The standard InChI is InChI=1S/C32H42F2N4O6/c1-7-19-23(16-39)38-15-24(19)43-28-26(35-21-12-11-18(42-6)13-22(21)36-28)25(34)20(33)10-8-9-17-14-32(17,5)44-30(41)37-27(29(38)40)31(2,3)4/h11-13,16-17,19-20,23-25,27H,7-10,14-15H2,1-6H3,(H,37,41)/t17-,19+,20?,23-,24+,25?,27-,32-/m1/s1. The van der Waals surface area contributed by atoms with Gasteiger partial charge in [-0.2, -0.15) is 0 Å². The van der Waals surface area contributed by atoms with Crippen LogP contribution < -0.4 is 14.8 Å². The number of amides is 2. The van der Waals surface area contributed by atoms with Gasteiger partial charge in [0, 0.05) is 17.9 Å². The number of fused-ring (bicyclic) bond motifs is 5. The Morgan fingerprint density at radius 1 is 1.18 bits per heavy atom. The van der Waals surface area contributed by atoms with Crippen molar-refractivity contribution in [2.24, 2.45) is 17.3 Å². The minimum Gasteiger partial charge on any atom is -0.497 e. The van der Waals surface area contributed by atoms with Crippen LogP contribution in [0.3, 0.4) is 0 Å². The third-order valence-corrected chi connectivity index (χ3v) is 9.34. The molecule has 2 amide bonds. The average Bonchev–Trinajstić information content (AvgIpc) is 3.46. The van der Waals surface area contributed by atoms with Gasteiger partial charge >= 0.3 is 6.09 Å². The van der Waals surface area contributed by atoms with Gasteiger partial charge in [0.2, 0.25) is 11.8 Å². The Morgan fingerprint density at radius 2 is 1.93 bits per heavy atom. The molecule has 44 heavy (non-hydrogen) atoms. The van der Waals surface area contributed by atoms with E-state index in [0.29, 0.717) is 48.8 Å². The summed E-state index contributed by atoms with van der Waals surface area (Å²) >= 11 is 0. The van der Waals surface area contributed by atoms with Crippen molar-refractivity contribution in [3.63, 3.8) is 0 Å². The lowest BCUT2D eigenvalue weighted by molar-refractivity contribution is -0.139. The van der Waals surface area contributed by atoms with E-state index in [1.807, 2.05) is 27.7 Å². The number of halogens is 2. The number of carbonyl (C=O) groups excluding carboxylic acids is 3. The molecular weight excluding hydrogens is 574 g/mol. The van der Waals surface area contributed by atoms with Gasteiger partial charge in [0.15, 0.2) is 6.17 Å². The van der Waals surface area contributed by atoms with Crippen LogP contribution in [0.1, 0.15) is 78.6 Å². The highest BCUT2D eigenvalue weighted by Crippen LogP contribution is 2.50. The summed E-state index contributed by atoms with van der Waals surface area (Å²) in [7, 11) is 1.50. The largest absolute Gasteiger partial charge is 0.497 e. The van der Waals surface area contributed by atoms with Crippen molar-refractivity contribution < 1.29 is 37.4 Å². The highest BCUT2D eigenvalue weighted by atomic mass is 19.2. The van der Waals surface area contributed by atoms with E-state index in [-0.39, 0.29) is 30.5 Å². The Morgan fingerprint density at radius 3 is 2.59 bits per heavy atom. The van der Waals surface area contributed by atoms with Crippen LogP contribution in [0.25, 0.3) is 11.0 Å². The second-order valence-corrected chi connectivity index (χ2v) is 13.5. The molecule has 0 spiro atoms. The quantitative estimate of drug-likeness (QED) is 0.463. The first kappa shape index (κ1) is 31.8. The van der Waals surface area contributed by atoms with Gasteiger partial charge in [-0.25, -0.2) is 23.5 Å². The van der Waals surface area contributed by atoms with Crippen LogP contribution in [0.5, 0.6) is 11.6 Å². The lowest BCUT2D eigenvalue weighted by Gasteiger charge is -2.35. The van der Waals surface area contributed by atoms with Crippen molar-refractivity contribution in [3.8, 4) is 11.6 Å². The van der Waals surface area contributed by atoms with E-state index in [4.69, 9.17) is 14.2 Å². The number of hydrogen-bond donors (Lipinski definition) is 1.